The van der Waals surface area contributed by atoms with Crippen LogP contribution in [0.15, 0.2) is 0 Å². The van der Waals surface area contributed by atoms with Crippen LogP contribution < -0.4 is 10.6 Å². The monoisotopic (exact) mass is 550 g/mol. The molecule has 0 bridgehead atoms. The van der Waals surface area contributed by atoms with Crippen molar-refractivity contribution in [2.24, 2.45) is 0 Å². The Kier molecular flexibility index (Phi) is 18.3. The van der Waals surface area contributed by atoms with Crippen LogP contribution >= 0.6 is 0 Å². The molecule has 0 aromatic heterocycles. The Morgan fingerprint density at radius 2 is 0.971 bits per heavy atom. The highest BCUT2D eigenvalue weighted by molar-refractivity contribution is 6.87. The SMILES string of the molecule is C[Si](C)(CCCNC(=O)CCCCCO)O[Si](C)(C)O[Si](C)(C)CCCNC(=O)CCCCCO. The number of carbonyl (C=O) groups is 2. The smallest absolute Gasteiger partial charge is 0.311 e. The third-order valence-corrected chi connectivity index (χ3v) is 17.2. The fourth-order valence-corrected chi connectivity index (χ4v) is 18.3. The van der Waals surface area contributed by atoms with E-state index in [0.717, 1.165) is 63.5 Å². The molecule has 11 heteroatoms. The first-order valence-corrected chi connectivity index (χ1v) is 22.5. The Morgan fingerprint density at radius 1 is 0.600 bits per heavy atom. The zero-order valence-corrected chi connectivity index (χ0v) is 26.3. The van der Waals surface area contributed by atoms with Crippen LogP contribution in [0.3, 0.4) is 0 Å². The van der Waals surface area contributed by atoms with E-state index in [4.69, 9.17) is 18.4 Å². The van der Waals surface area contributed by atoms with Gasteiger partial charge in [0.2, 0.25) is 11.8 Å². The Labute approximate surface area is 217 Å². The molecule has 0 aliphatic heterocycles. The van der Waals surface area contributed by atoms with Crippen molar-refractivity contribution in [1.29, 1.82) is 0 Å². The molecule has 0 unspecified atom stereocenters. The van der Waals surface area contributed by atoms with Gasteiger partial charge in [0.1, 0.15) is 0 Å². The van der Waals surface area contributed by atoms with Crippen molar-refractivity contribution >= 4 is 37.0 Å². The van der Waals surface area contributed by atoms with Crippen molar-refractivity contribution in [3.63, 3.8) is 0 Å². The van der Waals surface area contributed by atoms with Crippen LogP contribution in [0.4, 0.5) is 0 Å². The maximum atomic E-state index is 11.9. The van der Waals surface area contributed by atoms with Gasteiger partial charge >= 0.3 is 8.56 Å². The number of hydrogen-bond acceptors (Lipinski definition) is 6. The van der Waals surface area contributed by atoms with Crippen molar-refractivity contribution in [2.45, 2.75) is 116 Å². The minimum Gasteiger partial charge on any atom is -0.437 e. The standard InChI is InChI=1S/C24H54N2O6Si3/c1-33(2,21-13-17-25-23(29)15-9-7-11-19-27)31-35(5,6)32-34(3,4)22-14-18-26-24(30)16-10-8-12-20-28/h27-28H,7-22H2,1-6H3,(H,25,29)(H,26,30). The number of rotatable bonds is 22. The highest BCUT2D eigenvalue weighted by Crippen LogP contribution is 2.25. The van der Waals surface area contributed by atoms with E-state index in [9.17, 15) is 9.59 Å². The molecular weight excluding hydrogens is 497 g/mol. The minimum atomic E-state index is -2.28. The van der Waals surface area contributed by atoms with Gasteiger partial charge in [-0.1, -0.05) is 12.8 Å². The third-order valence-electron chi connectivity index (χ3n) is 5.72. The summed E-state index contributed by atoms with van der Waals surface area (Å²) in [6, 6.07) is 1.95. The molecule has 0 radical (unpaired) electrons. The van der Waals surface area contributed by atoms with Crippen molar-refractivity contribution < 1.29 is 28.0 Å². The van der Waals surface area contributed by atoms with Crippen LogP contribution in [-0.2, 0) is 17.8 Å². The van der Waals surface area contributed by atoms with Gasteiger partial charge in [-0.2, -0.15) is 0 Å². The summed E-state index contributed by atoms with van der Waals surface area (Å²) in [7, 11) is -6.10. The number of carbonyl (C=O) groups excluding carboxylic acids is 2. The fourth-order valence-electron chi connectivity index (χ4n) is 4.26. The molecule has 0 aliphatic carbocycles. The van der Waals surface area contributed by atoms with Crippen molar-refractivity contribution in [3.8, 4) is 0 Å². The van der Waals surface area contributed by atoms with Crippen LogP contribution in [0.1, 0.15) is 64.2 Å². The van der Waals surface area contributed by atoms with E-state index in [-0.39, 0.29) is 25.0 Å². The summed E-state index contributed by atoms with van der Waals surface area (Å²) in [5.41, 5.74) is 0. The summed E-state index contributed by atoms with van der Waals surface area (Å²) in [4.78, 5) is 23.8. The summed E-state index contributed by atoms with van der Waals surface area (Å²) in [6.07, 6.45) is 7.81. The molecule has 0 fully saturated rings. The van der Waals surface area contributed by atoms with Gasteiger partial charge in [0.05, 0.1) is 0 Å². The van der Waals surface area contributed by atoms with Crippen LogP contribution in [0, 0.1) is 0 Å². The molecule has 0 saturated heterocycles. The van der Waals surface area contributed by atoms with Crippen molar-refractivity contribution in [1.82, 2.24) is 10.6 Å². The Bertz CT molecular complexity index is 544. The molecule has 0 heterocycles. The third kappa shape index (κ3) is 21.2. The van der Waals surface area contributed by atoms with E-state index >= 15 is 0 Å². The molecule has 0 spiro atoms. The Morgan fingerprint density at radius 3 is 1.31 bits per heavy atom. The summed E-state index contributed by atoms with van der Waals surface area (Å²) in [5.74, 6) is 0.180. The average Bonchev–Trinajstić information content (AvgIpc) is 2.73. The van der Waals surface area contributed by atoms with Gasteiger partial charge in [0.15, 0.2) is 16.6 Å². The van der Waals surface area contributed by atoms with E-state index in [1.165, 1.54) is 0 Å². The largest absolute Gasteiger partial charge is 0.437 e. The molecule has 0 rings (SSSR count). The number of nitrogens with one attached hydrogen (secondary N) is 2. The number of hydrogen-bond donors (Lipinski definition) is 4. The predicted octanol–water partition coefficient (Wildman–Crippen LogP) is 4.25. The zero-order chi connectivity index (χ0) is 26.8. The van der Waals surface area contributed by atoms with E-state index in [0.29, 0.717) is 25.9 Å². The van der Waals surface area contributed by atoms with E-state index in [1.807, 2.05) is 0 Å². The van der Waals surface area contributed by atoms with Gasteiger partial charge in [-0.15, -0.1) is 0 Å². The number of aliphatic hydroxyl groups is 2. The average molecular weight is 551 g/mol. The van der Waals surface area contributed by atoms with Gasteiger partial charge in [-0.25, -0.2) is 0 Å². The molecule has 0 aliphatic rings. The fraction of sp³-hybridized carbons (Fsp3) is 0.917. The highest BCUT2D eigenvalue weighted by Gasteiger charge is 2.39. The molecule has 4 N–H and O–H groups in total. The first-order valence-electron chi connectivity index (χ1n) is 13.5. The summed E-state index contributed by atoms with van der Waals surface area (Å²) in [6.45, 7) is 14.9. The van der Waals surface area contributed by atoms with E-state index < -0.39 is 25.2 Å². The predicted molar refractivity (Wildman–Crippen MR) is 151 cm³/mol. The first kappa shape index (κ1) is 34.4. The second-order valence-corrected chi connectivity index (χ2v) is 23.6. The summed E-state index contributed by atoms with van der Waals surface area (Å²) >= 11 is 0. The maximum Gasteiger partial charge on any atom is 0.311 e. The second kappa shape index (κ2) is 18.6. The van der Waals surface area contributed by atoms with Gasteiger partial charge in [-0.05, 0) is 89.9 Å². The molecule has 208 valence electrons. The lowest BCUT2D eigenvalue weighted by molar-refractivity contribution is -0.122. The Balaban J connectivity index is 4.21. The van der Waals surface area contributed by atoms with E-state index in [2.05, 4.69) is 49.9 Å². The van der Waals surface area contributed by atoms with Gasteiger partial charge < -0.3 is 29.1 Å². The van der Waals surface area contributed by atoms with Gasteiger partial charge in [0, 0.05) is 39.1 Å². The summed E-state index contributed by atoms with van der Waals surface area (Å²) < 4.78 is 13.3. The van der Waals surface area contributed by atoms with E-state index in [1.54, 1.807) is 0 Å². The van der Waals surface area contributed by atoms with Gasteiger partial charge in [0.25, 0.3) is 0 Å². The minimum absolute atomic E-state index is 0.0898. The molecule has 8 nitrogen and oxygen atoms in total. The van der Waals surface area contributed by atoms with Crippen LogP contribution in [-0.4, -0.2) is 73.5 Å². The molecule has 0 aromatic carbocycles. The molecular formula is C24H54N2O6Si3. The molecule has 0 aromatic rings. The molecule has 0 atom stereocenters. The van der Waals surface area contributed by atoms with Crippen molar-refractivity contribution in [2.75, 3.05) is 26.3 Å². The van der Waals surface area contributed by atoms with Crippen LogP contribution in [0.2, 0.25) is 51.4 Å². The Hall–Kier alpha value is -0.569. The quantitative estimate of drug-likeness (QED) is 0.118. The topological polar surface area (TPSA) is 117 Å². The number of unbranched alkanes of at least 4 members (excludes halogenated alkanes) is 4. The molecule has 35 heavy (non-hydrogen) atoms. The number of aliphatic hydroxyl groups excluding tert-OH is 2. The highest BCUT2D eigenvalue weighted by atomic mass is 28.5. The lowest BCUT2D eigenvalue weighted by atomic mass is 10.2. The van der Waals surface area contributed by atoms with Crippen molar-refractivity contribution in [3.05, 3.63) is 0 Å². The molecule has 0 saturated carbocycles. The van der Waals surface area contributed by atoms with Crippen LogP contribution in [0.5, 0.6) is 0 Å². The zero-order valence-electron chi connectivity index (χ0n) is 23.3. The van der Waals surface area contributed by atoms with Crippen LogP contribution in [0.25, 0.3) is 0 Å². The first-order chi connectivity index (χ1) is 16.3. The lowest BCUT2D eigenvalue weighted by Gasteiger charge is -2.38. The normalized spacial score (nSPS) is 12.6. The maximum absolute atomic E-state index is 11.9. The number of amides is 2. The lowest BCUT2D eigenvalue weighted by Crippen LogP contribution is -2.52. The summed E-state index contributed by atoms with van der Waals surface area (Å²) in [5, 5.41) is 23.6. The van der Waals surface area contributed by atoms with Gasteiger partial charge in [-0.3, -0.25) is 9.59 Å². The second-order valence-electron chi connectivity index (χ2n) is 11.1. The molecule has 2 amide bonds.